The van der Waals surface area contributed by atoms with Gasteiger partial charge in [-0.15, -0.1) is 0 Å². The van der Waals surface area contributed by atoms with Gasteiger partial charge >= 0.3 is 0 Å². The van der Waals surface area contributed by atoms with Crippen molar-refractivity contribution in [2.45, 2.75) is 19.9 Å². The molecule has 0 radical (unpaired) electrons. The van der Waals surface area contributed by atoms with E-state index in [9.17, 15) is 0 Å². The lowest BCUT2D eigenvalue weighted by Crippen LogP contribution is -2.17. The van der Waals surface area contributed by atoms with Crippen LogP contribution in [0.5, 0.6) is 0 Å². The van der Waals surface area contributed by atoms with Gasteiger partial charge in [0.25, 0.3) is 0 Å². The highest BCUT2D eigenvalue weighted by atomic mass is 35.5. The van der Waals surface area contributed by atoms with E-state index in [1.165, 1.54) is 0 Å². The van der Waals surface area contributed by atoms with E-state index < -0.39 is 0 Å². The summed E-state index contributed by atoms with van der Waals surface area (Å²) in [4.78, 5) is 0. The smallest absolute Gasteiger partial charge is 0.0670 e. The lowest BCUT2D eigenvalue weighted by molar-refractivity contribution is 0.598. The molecule has 106 valence electrons. The first kappa shape index (κ1) is 15.7. The highest BCUT2D eigenvalue weighted by molar-refractivity contribution is 6.43. The minimum absolute atomic E-state index is 0.219. The average molecular weight is 329 g/mol. The Morgan fingerprint density at radius 2 is 1.80 bits per heavy atom. The summed E-state index contributed by atoms with van der Waals surface area (Å²) in [6, 6.07) is 11.8. The average Bonchev–Trinajstić information content (AvgIpc) is 2.42. The third-order valence-corrected chi connectivity index (χ3v) is 4.39. The molecule has 2 rings (SSSR count). The SMILES string of the molecule is CCNC(C)c1ccc(-c2cccc(Cl)c2Cl)cc1Cl. The Bertz CT molecular complexity index is 611. The first-order valence-corrected chi connectivity index (χ1v) is 7.65. The van der Waals surface area contributed by atoms with Crippen LogP contribution in [0.1, 0.15) is 25.5 Å². The molecule has 0 heterocycles. The second kappa shape index (κ2) is 6.82. The van der Waals surface area contributed by atoms with Crippen LogP contribution in [0.4, 0.5) is 0 Å². The Morgan fingerprint density at radius 1 is 1.05 bits per heavy atom. The van der Waals surface area contributed by atoms with Crippen LogP contribution in [0, 0.1) is 0 Å². The summed E-state index contributed by atoms with van der Waals surface area (Å²) in [6.07, 6.45) is 0. The molecular weight excluding hydrogens is 313 g/mol. The standard InChI is InChI=1S/C16H16Cl3N/c1-3-20-10(2)12-8-7-11(9-15(12)18)13-5-4-6-14(17)16(13)19/h4-10,20H,3H2,1-2H3. The molecule has 1 atom stereocenters. The molecule has 0 bridgehead atoms. The van der Waals surface area contributed by atoms with Crippen molar-refractivity contribution in [2.75, 3.05) is 6.54 Å². The molecule has 2 aromatic rings. The fourth-order valence-electron chi connectivity index (χ4n) is 2.19. The van der Waals surface area contributed by atoms with Gasteiger partial charge < -0.3 is 5.32 Å². The Balaban J connectivity index is 2.41. The lowest BCUT2D eigenvalue weighted by Gasteiger charge is -2.16. The molecule has 1 N–H and O–H groups in total. The van der Waals surface area contributed by atoms with Crippen LogP contribution in [0.25, 0.3) is 11.1 Å². The normalized spacial score (nSPS) is 12.4. The highest BCUT2D eigenvalue weighted by Gasteiger charge is 2.12. The van der Waals surface area contributed by atoms with Crippen LogP contribution >= 0.6 is 34.8 Å². The van der Waals surface area contributed by atoms with Crippen molar-refractivity contribution in [3.8, 4) is 11.1 Å². The number of rotatable bonds is 4. The Kier molecular flexibility index (Phi) is 5.34. The van der Waals surface area contributed by atoms with Gasteiger partial charge in [-0.3, -0.25) is 0 Å². The summed E-state index contributed by atoms with van der Waals surface area (Å²) in [7, 11) is 0. The summed E-state index contributed by atoms with van der Waals surface area (Å²) < 4.78 is 0. The molecule has 1 nitrogen and oxygen atoms in total. The van der Waals surface area contributed by atoms with E-state index >= 15 is 0 Å². The summed E-state index contributed by atoms with van der Waals surface area (Å²) in [6.45, 7) is 5.07. The quantitative estimate of drug-likeness (QED) is 0.727. The lowest BCUT2D eigenvalue weighted by atomic mass is 10.0. The van der Waals surface area contributed by atoms with E-state index in [0.717, 1.165) is 28.3 Å². The van der Waals surface area contributed by atoms with Gasteiger partial charge in [-0.1, -0.05) is 66.0 Å². The number of nitrogens with one attached hydrogen (secondary N) is 1. The second-order valence-electron chi connectivity index (χ2n) is 4.62. The van der Waals surface area contributed by atoms with Gasteiger partial charge in [0.15, 0.2) is 0 Å². The molecule has 1 unspecified atom stereocenters. The minimum atomic E-state index is 0.219. The zero-order valence-electron chi connectivity index (χ0n) is 11.4. The molecule has 0 spiro atoms. The number of benzene rings is 2. The molecule has 0 saturated heterocycles. The molecule has 20 heavy (non-hydrogen) atoms. The minimum Gasteiger partial charge on any atom is -0.310 e. The van der Waals surface area contributed by atoms with Crippen molar-refractivity contribution in [3.63, 3.8) is 0 Å². The van der Waals surface area contributed by atoms with Crippen LogP contribution in [-0.4, -0.2) is 6.54 Å². The molecule has 4 heteroatoms. The number of hydrogen-bond donors (Lipinski definition) is 1. The third-order valence-electron chi connectivity index (χ3n) is 3.24. The molecule has 0 aliphatic carbocycles. The number of halogens is 3. The molecule has 0 aliphatic heterocycles. The van der Waals surface area contributed by atoms with E-state index in [1.54, 1.807) is 6.07 Å². The highest BCUT2D eigenvalue weighted by Crippen LogP contribution is 2.36. The van der Waals surface area contributed by atoms with Gasteiger partial charge in [0.2, 0.25) is 0 Å². The van der Waals surface area contributed by atoms with E-state index in [4.69, 9.17) is 34.8 Å². The monoisotopic (exact) mass is 327 g/mol. The maximum Gasteiger partial charge on any atom is 0.0670 e. The van der Waals surface area contributed by atoms with Crippen LogP contribution in [0.3, 0.4) is 0 Å². The Hall–Kier alpha value is -0.730. The third kappa shape index (κ3) is 3.29. The topological polar surface area (TPSA) is 12.0 Å². The van der Waals surface area contributed by atoms with E-state index in [1.807, 2.05) is 30.3 Å². The Morgan fingerprint density at radius 3 is 2.45 bits per heavy atom. The van der Waals surface area contributed by atoms with E-state index in [-0.39, 0.29) is 6.04 Å². The van der Waals surface area contributed by atoms with Gasteiger partial charge in [-0.2, -0.15) is 0 Å². The summed E-state index contributed by atoms with van der Waals surface area (Å²) in [5.41, 5.74) is 2.94. The predicted octanol–water partition coefficient (Wildman–Crippen LogP) is 5.98. The van der Waals surface area contributed by atoms with Gasteiger partial charge in [0, 0.05) is 16.6 Å². The summed E-state index contributed by atoms with van der Waals surface area (Å²) in [5.74, 6) is 0. The predicted molar refractivity (Wildman–Crippen MR) is 89.0 cm³/mol. The molecule has 0 aliphatic rings. The first-order valence-electron chi connectivity index (χ1n) is 6.51. The maximum absolute atomic E-state index is 6.39. The van der Waals surface area contributed by atoms with Crippen molar-refractivity contribution in [1.82, 2.24) is 5.32 Å². The first-order chi connectivity index (χ1) is 9.54. The van der Waals surface area contributed by atoms with Crippen LogP contribution in [-0.2, 0) is 0 Å². The Labute approximate surface area is 134 Å². The van der Waals surface area contributed by atoms with Gasteiger partial charge in [-0.05, 0) is 36.7 Å². The van der Waals surface area contributed by atoms with Crippen molar-refractivity contribution < 1.29 is 0 Å². The summed E-state index contributed by atoms with van der Waals surface area (Å²) >= 11 is 18.7. The zero-order valence-corrected chi connectivity index (χ0v) is 13.7. The zero-order chi connectivity index (χ0) is 14.7. The van der Waals surface area contributed by atoms with E-state index in [0.29, 0.717) is 10.0 Å². The van der Waals surface area contributed by atoms with Crippen LogP contribution < -0.4 is 5.32 Å². The molecule has 0 saturated carbocycles. The van der Waals surface area contributed by atoms with Gasteiger partial charge in [0.1, 0.15) is 0 Å². The molecule has 0 aromatic heterocycles. The largest absolute Gasteiger partial charge is 0.310 e. The molecule has 0 fully saturated rings. The maximum atomic E-state index is 6.39. The fourth-order valence-corrected chi connectivity index (χ4v) is 2.94. The van der Waals surface area contributed by atoms with Gasteiger partial charge in [-0.25, -0.2) is 0 Å². The fraction of sp³-hybridized carbons (Fsp3) is 0.250. The van der Waals surface area contributed by atoms with Crippen molar-refractivity contribution in [1.29, 1.82) is 0 Å². The summed E-state index contributed by atoms with van der Waals surface area (Å²) in [5, 5.41) is 5.18. The van der Waals surface area contributed by atoms with E-state index in [2.05, 4.69) is 19.2 Å². The van der Waals surface area contributed by atoms with Gasteiger partial charge in [0.05, 0.1) is 10.0 Å². The van der Waals surface area contributed by atoms with Crippen molar-refractivity contribution in [3.05, 3.63) is 57.0 Å². The molecule has 0 amide bonds. The van der Waals surface area contributed by atoms with Crippen molar-refractivity contribution in [2.24, 2.45) is 0 Å². The van der Waals surface area contributed by atoms with Crippen LogP contribution in [0.15, 0.2) is 36.4 Å². The molecule has 2 aromatic carbocycles. The second-order valence-corrected chi connectivity index (χ2v) is 5.81. The van der Waals surface area contributed by atoms with Crippen LogP contribution in [0.2, 0.25) is 15.1 Å². The molecular formula is C16H16Cl3N. The van der Waals surface area contributed by atoms with Crippen molar-refractivity contribution >= 4 is 34.8 Å². The number of hydrogen-bond acceptors (Lipinski definition) is 1.